The molecule has 0 saturated heterocycles. The van der Waals surface area contributed by atoms with Gasteiger partial charge in [0.1, 0.15) is 5.82 Å². The lowest BCUT2D eigenvalue weighted by atomic mass is 10.4. The second kappa shape index (κ2) is 8.92. The van der Waals surface area contributed by atoms with E-state index in [1.165, 1.54) is 11.5 Å². The normalized spacial score (nSPS) is 10.9. The summed E-state index contributed by atoms with van der Waals surface area (Å²) in [7, 11) is 1.73. The third-order valence-corrected chi connectivity index (χ3v) is 3.85. The van der Waals surface area contributed by atoms with Crippen LogP contribution in [0.1, 0.15) is 19.2 Å². The van der Waals surface area contributed by atoms with E-state index in [1.54, 1.807) is 18.9 Å². The fourth-order valence-corrected chi connectivity index (χ4v) is 2.78. The fraction of sp³-hybridized carbons (Fsp3) is 0.800. The number of hydrogen-bond acceptors (Lipinski definition) is 6. The van der Waals surface area contributed by atoms with E-state index in [9.17, 15) is 0 Å². The molecule has 0 amide bonds. The molecule has 0 fully saturated rings. The maximum atomic E-state index is 4.97. The Hall–Kier alpha value is -0.170. The summed E-state index contributed by atoms with van der Waals surface area (Å²) in [4.78, 5) is 4.40. The molecule has 0 aliphatic rings. The predicted molar refractivity (Wildman–Crippen MR) is 69.4 cm³/mol. The van der Waals surface area contributed by atoms with Crippen LogP contribution in [0.3, 0.4) is 0 Å². The van der Waals surface area contributed by atoms with Crippen LogP contribution in [0.2, 0.25) is 0 Å². The third-order valence-electron chi connectivity index (χ3n) is 1.97. The Balaban J connectivity index is 1.98. The van der Waals surface area contributed by atoms with E-state index in [1.807, 2.05) is 0 Å². The number of methoxy groups -OCH3 is 1. The summed E-state index contributed by atoms with van der Waals surface area (Å²) in [6, 6.07) is 0. The van der Waals surface area contributed by atoms with Gasteiger partial charge in [0, 0.05) is 32.4 Å². The molecule has 1 aromatic rings. The van der Waals surface area contributed by atoms with Crippen molar-refractivity contribution in [1.82, 2.24) is 14.7 Å². The lowest BCUT2D eigenvalue weighted by Gasteiger charge is -2.02. The zero-order valence-electron chi connectivity index (χ0n) is 9.86. The summed E-state index contributed by atoms with van der Waals surface area (Å²) >= 11 is 3.27. The first-order chi connectivity index (χ1) is 7.86. The highest BCUT2D eigenvalue weighted by Gasteiger charge is 2.01. The number of aromatic nitrogens is 2. The van der Waals surface area contributed by atoms with E-state index in [-0.39, 0.29) is 0 Å². The van der Waals surface area contributed by atoms with Gasteiger partial charge in [0.15, 0.2) is 4.34 Å². The number of aryl methyl sites for hydroxylation is 1. The predicted octanol–water partition coefficient (Wildman–Crippen LogP) is 1.82. The molecule has 0 bridgehead atoms. The summed E-state index contributed by atoms with van der Waals surface area (Å²) in [5, 5.41) is 3.37. The van der Waals surface area contributed by atoms with Crippen molar-refractivity contribution in [3.8, 4) is 0 Å². The van der Waals surface area contributed by atoms with Crippen LogP contribution in [0.5, 0.6) is 0 Å². The van der Waals surface area contributed by atoms with Crippen molar-refractivity contribution in [3.63, 3.8) is 0 Å². The number of ether oxygens (including phenoxy) is 1. The van der Waals surface area contributed by atoms with E-state index in [0.717, 1.165) is 48.5 Å². The zero-order chi connectivity index (χ0) is 11.6. The molecule has 0 aromatic carbocycles. The van der Waals surface area contributed by atoms with E-state index in [0.29, 0.717) is 0 Å². The van der Waals surface area contributed by atoms with Gasteiger partial charge in [0.2, 0.25) is 0 Å². The fourth-order valence-electron chi connectivity index (χ4n) is 1.12. The van der Waals surface area contributed by atoms with Crippen LogP contribution in [0.4, 0.5) is 0 Å². The van der Waals surface area contributed by atoms with Gasteiger partial charge in [-0.15, -0.1) is 0 Å². The second-order valence-corrected chi connectivity index (χ2v) is 5.37. The molecule has 1 rings (SSSR count). The minimum Gasteiger partial charge on any atom is -0.385 e. The van der Waals surface area contributed by atoms with Crippen molar-refractivity contribution < 1.29 is 4.74 Å². The summed E-state index contributed by atoms with van der Waals surface area (Å²) in [6.45, 7) is 4.93. The molecule has 92 valence electrons. The van der Waals surface area contributed by atoms with Crippen LogP contribution in [0.15, 0.2) is 4.34 Å². The Morgan fingerprint density at radius 2 is 2.31 bits per heavy atom. The first-order valence-corrected chi connectivity index (χ1v) is 7.27. The molecule has 1 N–H and O–H groups in total. The summed E-state index contributed by atoms with van der Waals surface area (Å²) in [6.07, 6.45) is 1.99. The molecule has 0 atom stereocenters. The standard InChI is InChI=1S/C10H19N3OS2/c1-3-9-12-10(16-13-9)15-8-6-11-5-4-7-14-2/h11H,3-8H2,1-2H3. The van der Waals surface area contributed by atoms with E-state index < -0.39 is 0 Å². The van der Waals surface area contributed by atoms with Crippen LogP contribution in [-0.2, 0) is 11.2 Å². The second-order valence-electron chi connectivity index (χ2n) is 3.27. The highest BCUT2D eigenvalue weighted by atomic mass is 32.2. The molecule has 0 saturated carbocycles. The average Bonchev–Trinajstić information content (AvgIpc) is 2.76. The Labute approximate surface area is 105 Å². The van der Waals surface area contributed by atoms with Crippen LogP contribution in [-0.4, -0.2) is 41.9 Å². The van der Waals surface area contributed by atoms with Crippen LogP contribution < -0.4 is 5.32 Å². The molecule has 0 aliphatic carbocycles. The highest BCUT2D eigenvalue weighted by molar-refractivity contribution is 8.00. The molecular weight excluding hydrogens is 242 g/mol. The van der Waals surface area contributed by atoms with Gasteiger partial charge in [0.25, 0.3) is 0 Å². The third kappa shape index (κ3) is 5.79. The monoisotopic (exact) mass is 261 g/mol. The van der Waals surface area contributed by atoms with Crippen LogP contribution in [0.25, 0.3) is 0 Å². The summed E-state index contributed by atoms with van der Waals surface area (Å²) in [5.41, 5.74) is 0. The number of nitrogens with zero attached hydrogens (tertiary/aromatic N) is 2. The van der Waals surface area contributed by atoms with E-state index >= 15 is 0 Å². The number of thioether (sulfide) groups is 1. The topological polar surface area (TPSA) is 47.0 Å². The van der Waals surface area contributed by atoms with Crippen molar-refractivity contribution in [2.45, 2.75) is 24.1 Å². The maximum Gasteiger partial charge on any atom is 0.170 e. The van der Waals surface area contributed by atoms with Crippen molar-refractivity contribution in [1.29, 1.82) is 0 Å². The molecule has 0 unspecified atom stereocenters. The highest BCUT2D eigenvalue weighted by Crippen LogP contribution is 2.19. The minimum atomic E-state index is 0.830. The first kappa shape index (κ1) is 13.9. The maximum absolute atomic E-state index is 4.97. The van der Waals surface area contributed by atoms with Gasteiger partial charge in [-0.2, -0.15) is 4.37 Å². The van der Waals surface area contributed by atoms with Gasteiger partial charge in [-0.25, -0.2) is 4.98 Å². The minimum absolute atomic E-state index is 0.830. The first-order valence-electron chi connectivity index (χ1n) is 5.52. The van der Waals surface area contributed by atoms with Crippen molar-refractivity contribution in [3.05, 3.63) is 5.82 Å². The van der Waals surface area contributed by atoms with Gasteiger partial charge in [-0.3, -0.25) is 0 Å². The largest absolute Gasteiger partial charge is 0.385 e. The molecule has 4 nitrogen and oxygen atoms in total. The molecular formula is C10H19N3OS2. The van der Waals surface area contributed by atoms with Gasteiger partial charge in [0.05, 0.1) is 0 Å². The molecule has 1 aromatic heterocycles. The average molecular weight is 261 g/mol. The smallest absolute Gasteiger partial charge is 0.170 e. The van der Waals surface area contributed by atoms with Gasteiger partial charge in [-0.05, 0) is 24.5 Å². The Bertz CT molecular complexity index is 281. The van der Waals surface area contributed by atoms with E-state index in [2.05, 4.69) is 21.6 Å². The van der Waals surface area contributed by atoms with Gasteiger partial charge < -0.3 is 10.1 Å². The van der Waals surface area contributed by atoms with E-state index in [4.69, 9.17) is 4.74 Å². The summed E-state index contributed by atoms with van der Waals surface area (Å²) < 4.78 is 10.3. The van der Waals surface area contributed by atoms with Crippen molar-refractivity contribution in [2.75, 3.05) is 32.6 Å². The number of hydrogen-bond donors (Lipinski definition) is 1. The molecule has 0 aliphatic heterocycles. The van der Waals surface area contributed by atoms with Crippen molar-refractivity contribution in [2.24, 2.45) is 0 Å². The van der Waals surface area contributed by atoms with Crippen LogP contribution >= 0.6 is 23.3 Å². The quantitative estimate of drug-likeness (QED) is 0.543. The zero-order valence-corrected chi connectivity index (χ0v) is 11.5. The Morgan fingerprint density at radius 1 is 1.44 bits per heavy atom. The van der Waals surface area contributed by atoms with Crippen LogP contribution in [0, 0.1) is 0 Å². The van der Waals surface area contributed by atoms with Crippen molar-refractivity contribution >= 4 is 23.3 Å². The SMILES string of the molecule is CCc1nsc(SCCNCCCOC)n1. The molecule has 0 spiro atoms. The lowest BCUT2D eigenvalue weighted by molar-refractivity contribution is 0.194. The number of nitrogens with one attached hydrogen (secondary N) is 1. The van der Waals surface area contributed by atoms with Gasteiger partial charge in [-0.1, -0.05) is 18.7 Å². The summed E-state index contributed by atoms with van der Waals surface area (Å²) in [5.74, 6) is 2.01. The number of rotatable bonds is 9. The lowest BCUT2D eigenvalue weighted by Crippen LogP contribution is -2.19. The molecule has 0 radical (unpaired) electrons. The Morgan fingerprint density at radius 3 is 3.00 bits per heavy atom. The molecule has 6 heteroatoms. The molecule has 16 heavy (non-hydrogen) atoms. The Kier molecular flexibility index (Phi) is 7.75. The van der Waals surface area contributed by atoms with Gasteiger partial charge >= 0.3 is 0 Å². The molecule has 1 heterocycles.